The van der Waals surface area contributed by atoms with E-state index in [4.69, 9.17) is 4.42 Å². The molecule has 0 aliphatic carbocycles. The van der Waals surface area contributed by atoms with Crippen LogP contribution in [0.15, 0.2) is 59.2 Å². The molecule has 6 heteroatoms. The van der Waals surface area contributed by atoms with Crippen LogP contribution in [0.4, 0.5) is 5.00 Å². The van der Waals surface area contributed by atoms with E-state index in [0.717, 1.165) is 5.56 Å². The molecule has 0 saturated carbocycles. The minimum atomic E-state index is -0.336. The lowest BCUT2D eigenvalue weighted by molar-refractivity contribution is 0.0747. The maximum atomic E-state index is 12.8. The zero-order valence-corrected chi connectivity index (χ0v) is 15.7. The van der Waals surface area contributed by atoms with Crippen LogP contribution >= 0.6 is 11.3 Å². The minimum absolute atomic E-state index is 0.0497. The summed E-state index contributed by atoms with van der Waals surface area (Å²) in [6.07, 6.45) is 1.44. The number of rotatable bonds is 5. The monoisotopic (exact) mass is 368 g/mol. The first-order valence-corrected chi connectivity index (χ1v) is 9.06. The lowest BCUT2D eigenvalue weighted by Gasteiger charge is -2.25. The number of nitrogens with zero attached hydrogens (tertiary/aromatic N) is 1. The third-order valence-corrected chi connectivity index (χ3v) is 5.25. The summed E-state index contributed by atoms with van der Waals surface area (Å²) in [5.74, 6) is -0.185. The summed E-state index contributed by atoms with van der Waals surface area (Å²) in [5, 5.41) is 3.34. The molecule has 5 nitrogen and oxygen atoms in total. The quantitative estimate of drug-likeness (QED) is 0.708. The molecule has 0 fully saturated rings. The van der Waals surface area contributed by atoms with Gasteiger partial charge in [0.25, 0.3) is 11.8 Å². The fourth-order valence-electron chi connectivity index (χ4n) is 2.52. The van der Waals surface area contributed by atoms with E-state index in [9.17, 15) is 9.59 Å². The number of amides is 2. The molecule has 2 heterocycles. The second kappa shape index (κ2) is 7.58. The van der Waals surface area contributed by atoms with Gasteiger partial charge >= 0.3 is 0 Å². The van der Waals surface area contributed by atoms with Crippen LogP contribution in [0, 0.1) is 6.92 Å². The molecule has 3 aromatic rings. The van der Waals surface area contributed by atoms with Crippen LogP contribution in [0.25, 0.3) is 0 Å². The van der Waals surface area contributed by atoms with Crippen LogP contribution in [0.3, 0.4) is 0 Å². The average molecular weight is 368 g/mol. The molecule has 0 saturated heterocycles. The molecule has 0 aliphatic heterocycles. The number of carbonyl (C=O) groups is 2. The predicted octanol–water partition coefficient (Wildman–Crippen LogP) is 4.74. The van der Waals surface area contributed by atoms with Crippen LogP contribution < -0.4 is 5.32 Å². The molecule has 1 unspecified atom stereocenters. The van der Waals surface area contributed by atoms with Gasteiger partial charge < -0.3 is 14.6 Å². The van der Waals surface area contributed by atoms with Crippen molar-refractivity contribution in [2.75, 3.05) is 12.4 Å². The highest BCUT2D eigenvalue weighted by atomic mass is 32.1. The van der Waals surface area contributed by atoms with E-state index in [1.807, 2.05) is 38.1 Å². The lowest BCUT2D eigenvalue weighted by Crippen LogP contribution is -2.29. The standard InChI is InChI=1S/C20H20N2O3S/c1-13-6-8-15(9-7-13)14(2)22(3)20(24)17-10-11-18(26-17)21-19(23)16-5-4-12-25-16/h4-12,14H,1-3H3,(H,21,23). The van der Waals surface area contributed by atoms with Crippen LogP contribution in [0.2, 0.25) is 0 Å². The Balaban J connectivity index is 1.68. The van der Waals surface area contributed by atoms with Gasteiger partial charge in [-0.05, 0) is 43.7 Å². The minimum Gasteiger partial charge on any atom is -0.459 e. The first-order chi connectivity index (χ1) is 12.5. The summed E-state index contributed by atoms with van der Waals surface area (Å²) in [7, 11) is 1.79. The SMILES string of the molecule is Cc1ccc(C(C)N(C)C(=O)c2ccc(NC(=O)c3ccco3)s2)cc1. The lowest BCUT2D eigenvalue weighted by atomic mass is 10.1. The fraction of sp³-hybridized carbons (Fsp3) is 0.200. The number of hydrogen-bond donors (Lipinski definition) is 1. The van der Waals surface area contributed by atoms with Gasteiger partial charge in [-0.2, -0.15) is 0 Å². The van der Waals surface area contributed by atoms with Crippen LogP contribution in [0.5, 0.6) is 0 Å². The van der Waals surface area contributed by atoms with E-state index < -0.39 is 0 Å². The first kappa shape index (κ1) is 17.9. The molecule has 26 heavy (non-hydrogen) atoms. The Labute approximate surface area is 156 Å². The van der Waals surface area contributed by atoms with E-state index in [1.165, 1.54) is 23.2 Å². The Morgan fingerprint density at radius 3 is 2.50 bits per heavy atom. The van der Waals surface area contributed by atoms with Crippen LogP contribution in [0.1, 0.15) is 44.3 Å². The van der Waals surface area contributed by atoms with Gasteiger partial charge in [-0.1, -0.05) is 29.8 Å². The summed E-state index contributed by atoms with van der Waals surface area (Å²) in [4.78, 5) is 27.0. The first-order valence-electron chi connectivity index (χ1n) is 8.24. The van der Waals surface area contributed by atoms with Crippen molar-refractivity contribution in [3.05, 3.63) is 76.6 Å². The average Bonchev–Trinajstić information content (AvgIpc) is 3.32. The summed E-state index contributed by atoms with van der Waals surface area (Å²) < 4.78 is 5.07. The second-order valence-electron chi connectivity index (χ2n) is 6.10. The number of benzene rings is 1. The molecular weight excluding hydrogens is 348 g/mol. The van der Waals surface area contributed by atoms with Gasteiger partial charge in [-0.25, -0.2) is 0 Å². The number of carbonyl (C=O) groups excluding carboxylic acids is 2. The van der Waals surface area contributed by atoms with Crippen molar-refractivity contribution < 1.29 is 14.0 Å². The highest BCUT2D eigenvalue weighted by Crippen LogP contribution is 2.27. The Morgan fingerprint density at radius 1 is 1.12 bits per heavy atom. The Hall–Kier alpha value is -2.86. The van der Waals surface area contributed by atoms with Crippen molar-refractivity contribution in [3.63, 3.8) is 0 Å². The van der Waals surface area contributed by atoms with Crippen molar-refractivity contribution in [3.8, 4) is 0 Å². The van der Waals surface area contributed by atoms with Crippen LogP contribution in [-0.4, -0.2) is 23.8 Å². The summed E-state index contributed by atoms with van der Waals surface area (Å²) in [6, 6.07) is 14.8. The van der Waals surface area contributed by atoms with E-state index >= 15 is 0 Å². The molecule has 134 valence electrons. The molecule has 0 radical (unpaired) electrons. The van der Waals surface area contributed by atoms with Crippen molar-refractivity contribution >= 4 is 28.2 Å². The van der Waals surface area contributed by atoms with Crippen molar-refractivity contribution in [1.82, 2.24) is 4.90 Å². The molecule has 1 atom stereocenters. The molecule has 0 spiro atoms. The number of aryl methyl sites for hydroxylation is 1. The smallest absolute Gasteiger partial charge is 0.291 e. The number of thiophene rings is 1. The molecule has 2 aromatic heterocycles. The normalized spacial score (nSPS) is 11.8. The molecule has 2 amide bonds. The number of furan rings is 1. The summed E-state index contributed by atoms with van der Waals surface area (Å²) in [6.45, 7) is 4.03. The van der Waals surface area contributed by atoms with Crippen molar-refractivity contribution in [2.24, 2.45) is 0 Å². The third-order valence-electron chi connectivity index (χ3n) is 4.26. The molecular formula is C20H20N2O3S. The van der Waals surface area contributed by atoms with Gasteiger partial charge in [-0.15, -0.1) is 11.3 Å². The van der Waals surface area contributed by atoms with E-state index in [2.05, 4.69) is 5.32 Å². The van der Waals surface area contributed by atoms with Crippen molar-refractivity contribution in [2.45, 2.75) is 19.9 Å². The molecule has 3 rings (SSSR count). The highest BCUT2D eigenvalue weighted by molar-refractivity contribution is 7.18. The van der Waals surface area contributed by atoms with Gasteiger partial charge in [0.15, 0.2) is 5.76 Å². The third kappa shape index (κ3) is 3.86. The van der Waals surface area contributed by atoms with Crippen molar-refractivity contribution in [1.29, 1.82) is 0 Å². The van der Waals surface area contributed by atoms with Gasteiger partial charge in [0.2, 0.25) is 0 Å². The van der Waals surface area contributed by atoms with E-state index in [-0.39, 0.29) is 23.6 Å². The van der Waals surface area contributed by atoms with Gasteiger partial charge in [0.1, 0.15) is 0 Å². The largest absolute Gasteiger partial charge is 0.459 e. The number of nitrogens with one attached hydrogen (secondary N) is 1. The number of hydrogen-bond acceptors (Lipinski definition) is 4. The van der Waals surface area contributed by atoms with E-state index in [0.29, 0.717) is 9.88 Å². The molecule has 0 aliphatic rings. The summed E-state index contributed by atoms with van der Waals surface area (Å²) >= 11 is 1.25. The second-order valence-corrected chi connectivity index (χ2v) is 7.18. The van der Waals surface area contributed by atoms with E-state index in [1.54, 1.807) is 36.2 Å². The zero-order chi connectivity index (χ0) is 18.7. The van der Waals surface area contributed by atoms with Gasteiger partial charge in [0, 0.05) is 7.05 Å². The Kier molecular flexibility index (Phi) is 5.23. The van der Waals surface area contributed by atoms with Gasteiger partial charge in [0.05, 0.1) is 22.2 Å². The topological polar surface area (TPSA) is 62.6 Å². The van der Waals surface area contributed by atoms with Crippen LogP contribution in [-0.2, 0) is 0 Å². The highest BCUT2D eigenvalue weighted by Gasteiger charge is 2.21. The Morgan fingerprint density at radius 2 is 1.85 bits per heavy atom. The zero-order valence-electron chi connectivity index (χ0n) is 14.9. The predicted molar refractivity (Wildman–Crippen MR) is 103 cm³/mol. The van der Waals surface area contributed by atoms with Gasteiger partial charge in [-0.3, -0.25) is 9.59 Å². The molecule has 1 N–H and O–H groups in total. The summed E-state index contributed by atoms with van der Waals surface area (Å²) in [5.41, 5.74) is 2.26. The number of anilines is 1. The maximum absolute atomic E-state index is 12.8. The maximum Gasteiger partial charge on any atom is 0.291 e. The fourth-order valence-corrected chi connectivity index (χ4v) is 3.40. The Bertz CT molecular complexity index is 898. The molecule has 1 aromatic carbocycles. The molecule has 0 bridgehead atoms.